The van der Waals surface area contributed by atoms with Crippen molar-refractivity contribution in [3.63, 3.8) is 0 Å². The zero-order valence-electron chi connectivity index (χ0n) is 15.9. The molecule has 3 nitrogen and oxygen atoms in total. The van der Waals surface area contributed by atoms with Gasteiger partial charge in [0.15, 0.2) is 0 Å². The van der Waals surface area contributed by atoms with E-state index in [1.807, 2.05) is 36.4 Å². The molecule has 0 aliphatic heterocycles. The second kappa shape index (κ2) is 7.63. The van der Waals surface area contributed by atoms with Gasteiger partial charge < -0.3 is 4.42 Å². The average Bonchev–Trinajstić information content (AvgIpc) is 3.15. The molecule has 0 bridgehead atoms. The second-order valence-electron chi connectivity index (χ2n) is 6.82. The topological polar surface area (TPSA) is 43.1 Å². The number of halogens is 3. The average molecular weight is 407 g/mol. The molecule has 150 valence electrons. The van der Waals surface area contributed by atoms with E-state index in [2.05, 4.69) is 4.98 Å². The van der Waals surface area contributed by atoms with Crippen LogP contribution in [0.4, 0.5) is 13.2 Å². The summed E-state index contributed by atoms with van der Waals surface area (Å²) in [5, 5.41) is 0. The highest BCUT2D eigenvalue weighted by atomic mass is 19.4. The maximum atomic E-state index is 12.8. The van der Waals surface area contributed by atoms with Gasteiger partial charge in [-0.25, -0.2) is 4.98 Å². The first-order valence-electron chi connectivity index (χ1n) is 9.16. The van der Waals surface area contributed by atoms with Crippen molar-refractivity contribution >= 4 is 6.29 Å². The van der Waals surface area contributed by atoms with E-state index in [4.69, 9.17) is 4.42 Å². The molecule has 1 aromatic heterocycles. The van der Waals surface area contributed by atoms with Gasteiger partial charge in [0, 0.05) is 16.7 Å². The van der Waals surface area contributed by atoms with Crippen molar-refractivity contribution in [1.29, 1.82) is 0 Å². The van der Waals surface area contributed by atoms with Gasteiger partial charge in [-0.1, -0.05) is 48.5 Å². The van der Waals surface area contributed by atoms with Crippen LogP contribution >= 0.6 is 0 Å². The third-order valence-electron chi connectivity index (χ3n) is 4.79. The van der Waals surface area contributed by atoms with Gasteiger partial charge in [0.1, 0.15) is 17.7 Å². The molecule has 0 saturated carbocycles. The highest BCUT2D eigenvalue weighted by Crippen LogP contribution is 2.33. The lowest BCUT2D eigenvalue weighted by Gasteiger charge is -2.06. The number of carbonyl (C=O) groups is 1. The Morgan fingerprint density at radius 1 is 0.767 bits per heavy atom. The zero-order chi connectivity index (χ0) is 21.3. The summed E-state index contributed by atoms with van der Waals surface area (Å²) in [6.07, 6.45) is -3.58. The van der Waals surface area contributed by atoms with Crippen molar-refractivity contribution in [3.05, 3.63) is 89.7 Å². The summed E-state index contributed by atoms with van der Waals surface area (Å²) in [6, 6.07) is 19.7. The predicted octanol–water partition coefficient (Wildman–Crippen LogP) is 6.82. The molecule has 0 unspecified atom stereocenters. The van der Waals surface area contributed by atoms with Gasteiger partial charge in [-0.3, -0.25) is 4.79 Å². The van der Waals surface area contributed by atoms with Crippen LogP contribution in [0.2, 0.25) is 0 Å². The lowest BCUT2D eigenvalue weighted by atomic mass is 10.0. The van der Waals surface area contributed by atoms with Crippen LogP contribution < -0.4 is 0 Å². The van der Waals surface area contributed by atoms with Gasteiger partial charge in [-0.15, -0.1) is 0 Å². The number of aromatic nitrogens is 1. The molecule has 0 aliphatic rings. The Balaban J connectivity index is 1.60. The number of aldehydes is 1. The highest BCUT2D eigenvalue weighted by Gasteiger charge is 2.30. The molecule has 0 N–H and O–H groups in total. The van der Waals surface area contributed by atoms with Gasteiger partial charge in [0.05, 0.1) is 5.56 Å². The predicted molar refractivity (Wildman–Crippen MR) is 108 cm³/mol. The van der Waals surface area contributed by atoms with E-state index in [1.54, 1.807) is 19.1 Å². The summed E-state index contributed by atoms with van der Waals surface area (Å²) in [5.74, 6) is 0.845. The minimum absolute atomic E-state index is 0.268. The second-order valence-corrected chi connectivity index (χ2v) is 6.82. The van der Waals surface area contributed by atoms with E-state index in [0.717, 1.165) is 35.1 Å². The van der Waals surface area contributed by atoms with E-state index in [-0.39, 0.29) is 5.89 Å². The first-order valence-corrected chi connectivity index (χ1v) is 9.16. The molecule has 0 radical (unpaired) electrons. The van der Waals surface area contributed by atoms with Gasteiger partial charge in [-0.05, 0) is 42.3 Å². The summed E-state index contributed by atoms with van der Waals surface area (Å²) in [4.78, 5) is 15.3. The third-order valence-corrected chi connectivity index (χ3v) is 4.79. The largest absolute Gasteiger partial charge is 0.441 e. The summed E-state index contributed by atoms with van der Waals surface area (Å²) in [6.45, 7) is 1.77. The first kappa shape index (κ1) is 19.6. The summed E-state index contributed by atoms with van der Waals surface area (Å²) in [7, 11) is 0. The fourth-order valence-corrected chi connectivity index (χ4v) is 3.16. The number of nitrogens with zero attached hydrogens (tertiary/aromatic N) is 1. The number of benzene rings is 3. The molecule has 1 heterocycles. The van der Waals surface area contributed by atoms with E-state index in [9.17, 15) is 18.0 Å². The Morgan fingerprint density at radius 3 is 1.80 bits per heavy atom. The lowest BCUT2D eigenvalue weighted by Crippen LogP contribution is -2.03. The summed E-state index contributed by atoms with van der Waals surface area (Å²) in [5.41, 5.74) is 3.81. The van der Waals surface area contributed by atoms with Gasteiger partial charge in [0.2, 0.25) is 5.89 Å². The number of hydrogen-bond acceptors (Lipinski definition) is 3. The fraction of sp³-hybridized carbons (Fsp3) is 0.0833. The minimum atomic E-state index is -4.38. The molecule has 0 atom stereocenters. The van der Waals surface area contributed by atoms with Crippen LogP contribution in [0.1, 0.15) is 21.7 Å². The van der Waals surface area contributed by atoms with Crippen molar-refractivity contribution in [1.82, 2.24) is 4.98 Å². The normalized spacial score (nSPS) is 11.5. The molecule has 4 rings (SSSR count). The standard InChI is InChI=1S/C24H16F3NO2/c1-15-22(28-23(30-15)20-10-12-21(13-11-20)24(25,26)27)19-8-6-18(7-9-19)17-4-2-16(14-29)3-5-17/h2-14H,1H3. The molecule has 4 aromatic rings. The monoisotopic (exact) mass is 407 g/mol. The van der Waals surface area contributed by atoms with Gasteiger partial charge in [0.25, 0.3) is 0 Å². The molecule has 3 aromatic carbocycles. The van der Waals surface area contributed by atoms with E-state index < -0.39 is 11.7 Å². The Labute approximate surface area is 170 Å². The zero-order valence-corrected chi connectivity index (χ0v) is 15.9. The Bertz CT molecular complexity index is 1170. The van der Waals surface area contributed by atoms with Crippen LogP contribution in [0.3, 0.4) is 0 Å². The van der Waals surface area contributed by atoms with Crippen molar-refractivity contribution < 1.29 is 22.4 Å². The molecule has 0 spiro atoms. The van der Waals surface area contributed by atoms with Crippen LogP contribution in [0.15, 0.2) is 77.2 Å². The Morgan fingerprint density at radius 2 is 1.27 bits per heavy atom. The number of hydrogen-bond donors (Lipinski definition) is 0. The quantitative estimate of drug-likeness (QED) is 0.349. The van der Waals surface area contributed by atoms with E-state index in [0.29, 0.717) is 22.6 Å². The minimum Gasteiger partial charge on any atom is -0.441 e. The maximum absolute atomic E-state index is 12.8. The van der Waals surface area contributed by atoms with Crippen LogP contribution in [0.25, 0.3) is 33.8 Å². The molecule has 0 amide bonds. The highest BCUT2D eigenvalue weighted by molar-refractivity contribution is 5.77. The molecule has 0 aliphatic carbocycles. The third kappa shape index (κ3) is 3.89. The van der Waals surface area contributed by atoms with E-state index >= 15 is 0 Å². The SMILES string of the molecule is Cc1oc(-c2ccc(C(F)(F)F)cc2)nc1-c1ccc(-c2ccc(C=O)cc2)cc1. The Kier molecular flexibility index (Phi) is 4.99. The van der Waals surface area contributed by atoms with Crippen LogP contribution in [-0.4, -0.2) is 11.3 Å². The molecule has 30 heavy (non-hydrogen) atoms. The number of aryl methyl sites for hydroxylation is 1. The van der Waals surface area contributed by atoms with Crippen molar-refractivity contribution in [2.75, 3.05) is 0 Å². The molecular weight excluding hydrogens is 391 g/mol. The number of alkyl halides is 3. The number of oxazole rings is 1. The summed E-state index contributed by atoms with van der Waals surface area (Å²) >= 11 is 0. The smallest absolute Gasteiger partial charge is 0.416 e. The van der Waals surface area contributed by atoms with Crippen molar-refractivity contribution in [2.45, 2.75) is 13.1 Å². The Hall–Kier alpha value is -3.67. The maximum Gasteiger partial charge on any atom is 0.416 e. The van der Waals surface area contributed by atoms with Gasteiger partial charge >= 0.3 is 6.18 Å². The number of rotatable bonds is 4. The van der Waals surface area contributed by atoms with E-state index in [1.165, 1.54) is 12.1 Å². The van der Waals surface area contributed by atoms with Gasteiger partial charge in [-0.2, -0.15) is 13.2 Å². The van der Waals surface area contributed by atoms with Crippen molar-refractivity contribution in [3.8, 4) is 33.8 Å². The number of carbonyl (C=O) groups excluding carboxylic acids is 1. The first-order chi connectivity index (χ1) is 14.3. The van der Waals surface area contributed by atoms with Crippen LogP contribution in [0.5, 0.6) is 0 Å². The molecule has 6 heteroatoms. The molecule has 0 saturated heterocycles. The fourth-order valence-electron chi connectivity index (χ4n) is 3.16. The molecular formula is C24H16F3NO2. The molecule has 0 fully saturated rings. The van der Waals surface area contributed by atoms with Crippen LogP contribution in [-0.2, 0) is 6.18 Å². The summed E-state index contributed by atoms with van der Waals surface area (Å²) < 4.78 is 43.9. The lowest BCUT2D eigenvalue weighted by molar-refractivity contribution is -0.137. The van der Waals surface area contributed by atoms with Crippen LogP contribution in [0, 0.1) is 6.92 Å². The van der Waals surface area contributed by atoms with Crippen molar-refractivity contribution in [2.24, 2.45) is 0 Å².